The van der Waals surface area contributed by atoms with Crippen molar-refractivity contribution >= 4 is 11.9 Å². The second kappa shape index (κ2) is 11.8. The Morgan fingerprint density at radius 3 is 2.55 bits per heavy atom. The van der Waals surface area contributed by atoms with E-state index in [4.69, 9.17) is 10.7 Å². The minimum absolute atomic E-state index is 0.169. The molecule has 0 aliphatic carbocycles. The van der Waals surface area contributed by atoms with Crippen molar-refractivity contribution in [1.82, 2.24) is 15.5 Å². The molecule has 0 atom stereocenters. The monoisotopic (exact) mass is 401 g/mol. The number of guanidine groups is 1. The average molecular weight is 402 g/mol. The molecule has 1 aliphatic heterocycles. The van der Waals surface area contributed by atoms with Crippen LogP contribution < -0.4 is 16.4 Å². The van der Waals surface area contributed by atoms with Crippen LogP contribution in [0.2, 0.25) is 0 Å². The molecule has 0 bridgehead atoms. The van der Waals surface area contributed by atoms with Gasteiger partial charge in [0.25, 0.3) is 0 Å². The van der Waals surface area contributed by atoms with E-state index in [1.54, 1.807) is 0 Å². The number of hydrogen-bond acceptors (Lipinski definition) is 3. The summed E-state index contributed by atoms with van der Waals surface area (Å²) >= 11 is 0. The molecular weight excluding hydrogens is 362 g/mol. The van der Waals surface area contributed by atoms with Crippen LogP contribution in [-0.4, -0.2) is 55.5 Å². The first-order chi connectivity index (χ1) is 13.9. The molecule has 6 heteroatoms. The third-order valence-electron chi connectivity index (χ3n) is 5.48. The van der Waals surface area contributed by atoms with Gasteiger partial charge in [0.15, 0.2) is 5.96 Å². The molecule has 2 rings (SSSR count). The summed E-state index contributed by atoms with van der Waals surface area (Å²) in [5, 5.41) is 6.96. The Morgan fingerprint density at radius 2 is 1.93 bits per heavy atom. The average Bonchev–Trinajstić information content (AvgIpc) is 2.68. The summed E-state index contributed by atoms with van der Waals surface area (Å²) in [5.41, 5.74) is 6.88. The maximum absolute atomic E-state index is 11.1. The number of aliphatic imine (C=N–C) groups is 1. The zero-order valence-electron chi connectivity index (χ0n) is 18.4. The third-order valence-corrected chi connectivity index (χ3v) is 5.48. The zero-order chi connectivity index (χ0) is 21.1. The van der Waals surface area contributed by atoms with E-state index in [0.29, 0.717) is 12.6 Å². The number of carbonyl (C=O) groups excluding carboxylic acids is 1. The Labute approximate surface area is 176 Å². The molecule has 1 aliphatic rings. The smallest absolute Gasteiger partial charge is 0.231 e. The first-order valence-corrected chi connectivity index (χ1v) is 11.0. The minimum atomic E-state index is -0.249. The zero-order valence-corrected chi connectivity index (χ0v) is 18.4. The summed E-state index contributed by atoms with van der Waals surface area (Å²) in [6, 6.07) is 11.1. The second-order valence-corrected chi connectivity index (χ2v) is 8.86. The Kier molecular flexibility index (Phi) is 9.45. The summed E-state index contributed by atoms with van der Waals surface area (Å²) in [4.78, 5) is 18.1. The summed E-state index contributed by atoms with van der Waals surface area (Å²) < 4.78 is 0. The molecule has 29 heavy (non-hydrogen) atoms. The van der Waals surface area contributed by atoms with Gasteiger partial charge >= 0.3 is 0 Å². The second-order valence-electron chi connectivity index (χ2n) is 8.86. The molecule has 1 saturated heterocycles. The molecule has 1 aromatic rings. The fraction of sp³-hybridized carbons (Fsp3) is 0.652. The molecule has 0 spiro atoms. The summed E-state index contributed by atoms with van der Waals surface area (Å²) in [6.07, 6.45) is 5.44. The van der Waals surface area contributed by atoms with Gasteiger partial charge in [-0.2, -0.15) is 0 Å². The first-order valence-electron chi connectivity index (χ1n) is 11.0. The minimum Gasteiger partial charge on any atom is -0.369 e. The SMILES string of the molecule is CCNC(=NCC(C)(C)CCCc1ccccc1)NC1CCN(CC(N)=O)CC1. The Hall–Kier alpha value is -2.08. The van der Waals surface area contributed by atoms with E-state index in [2.05, 4.69) is 66.6 Å². The van der Waals surface area contributed by atoms with Crippen LogP contribution in [0, 0.1) is 5.41 Å². The molecule has 6 nitrogen and oxygen atoms in total. The van der Waals surface area contributed by atoms with Gasteiger partial charge in [-0.25, -0.2) is 0 Å². The number of nitrogens with two attached hydrogens (primary N) is 1. The van der Waals surface area contributed by atoms with Gasteiger partial charge in [0, 0.05) is 32.2 Å². The maximum Gasteiger partial charge on any atom is 0.231 e. The number of rotatable bonds is 10. The van der Waals surface area contributed by atoms with E-state index in [9.17, 15) is 4.79 Å². The van der Waals surface area contributed by atoms with Crippen molar-refractivity contribution in [3.05, 3.63) is 35.9 Å². The van der Waals surface area contributed by atoms with E-state index < -0.39 is 0 Å². The van der Waals surface area contributed by atoms with Gasteiger partial charge < -0.3 is 16.4 Å². The lowest BCUT2D eigenvalue weighted by molar-refractivity contribution is -0.119. The molecule has 162 valence electrons. The largest absolute Gasteiger partial charge is 0.369 e. The van der Waals surface area contributed by atoms with Crippen LogP contribution >= 0.6 is 0 Å². The van der Waals surface area contributed by atoms with E-state index in [1.165, 1.54) is 12.0 Å². The topological polar surface area (TPSA) is 82.8 Å². The lowest BCUT2D eigenvalue weighted by atomic mass is 9.86. The normalized spacial score (nSPS) is 16.6. The number of hydrogen-bond donors (Lipinski definition) is 3. The fourth-order valence-electron chi connectivity index (χ4n) is 3.76. The fourth-order valence-corrected chi connectivity index (χ4v) is 3.76. The molecule has 0 radical (unpaired) electrons. The summed E-state index contributed by atoms with van der Waals surface area (Å²) in [6.45, 7) is 10.5. The quantitative estimate of drug-likeness (QED) is 0.416. The standard InChI is InChI=1S/C23H39N5O/c1-4-25-22(27-20-12-15-28(16-13-20)17-21(24)29)26-18-23(2,3)14-8-11-19-9-6-5-7-10-19/h5-7,9-10,20H,4,8,11-18H2,1-3H3,(H2,24,29)(H2,25,26,27). The molecule has 0 aromatic heterocycles. The van der Waals surface area contributed by atoms with Crippen molar-refractivity contribution in [2.45, 2.75) is 58.9 Å². The van der Waals surface area contributed by atoms with Gasteiger partial charge in [0.2, 0.25) is 5.91 Å². The van der Waals surface area contributed by atoms with Gasteiger partial charge in [-0.1, -0.05) is 44.2 Å². The van der Waals surface area contributed by atoms with E-state index in [1.807, 2.05) is 0 Å². The summed E-state index contributed by atoms with van der Waals surface area (Å²) in [5.74, 6) is 0.651. The van der Waals surface area contributed by atoms with Crippen molar-refractivity contribution in [2.75, 3.05) is 32.7 Å². The Bertz CT molecular complexity index is 636. The molecule has 1 fully saturated rings. The number of nitrogens with zero attached hydrogens (tertiary/aromatic N) is 2. The Balaban J connectivity index is 1.78. The summed E-state index contributed by atoms with van der Waals surface area (Å²) in [7, 11) is 0. The van der Waals surface area contributed by atoms with E-state index >= 15 is 0 Å². The van der Waals surface area contributed by atoms with E-state index in [0.717, 1.165) is 57.8 Å². The third kappa shape index (κ3) is 9.31. The lowest BCUT2D eigenvalue weighted by Gasteiger charge is -2.32. The highest BCUT2D eigenvalue weighted by atomic mass is 16.1. The van der Waals surface area contributed by atoms with Crippen LogP contribution in [0.3, 0.4) is 0 Å². The molecule has 1 heterocycles. The van der Waals surface area contributed by atoms with Crippen LogP contribution in [0.15, 0.2) is 35.3 Å². The number of amides is 1. The number of nitrogens with one attached hydrogen (secondary N) is 2. The van der Waals surface area contributed by atoms with Crippen LogP contribution in [0.1, 0.15) is 52.0 Å². The number of benzene rings is 1. The maximum atomic E-state index is 11.1. The van der Waals surface area contributed by atoms with Gasteiger partial charge in [-0.3, -0.25) is 14.7 Å². The molecule has 1 amide bonds. The van der Waals surface area contributed by atoms with Crippen molar-refractivity contribution in [2.24, 2.45) is 16.1 Å². The molecule has 1 aromatic carbocycles. The van der Waals surface area contributed by atoms with Gasteiger partial charge in [0.1, 0.15) is 0 Å². The van der Waals surface area contributed by atoms with Crippen LogP contribution in [0.5, 0.6) is 0 Å². The van der Waals surface area contributed by atoms with Crippen molar-refractivity contribution < 1.29 is 4.79 Å². The van der Waals surface area contributed by atoms with Crippen molar-refractivity contribution in [1.29, 1.82) is 0 Å². The van der Waals surface area contributed by atoms with Crippen molar-refractivity contribution in [3.63, 3.8) is 0 Å². The highest BCUT2D eigenvalue weighted by molar-refractivity contribution is 5.80. The molecule has 4 N–H and O–H groups in total. The highest BCUT2D eigenvalue weighted by Gasteiger charge is 2.22. The van der Waals surface area contributed by atoms with Crippen molar-refractivity contribution in [3.8, 4) is 0 Å². The number of likely N-dealkylation sites (tertiary alicyclic amines) is 1. The van der Waals surface area contributed by atoms with Gasteiger partial charge in [0.05, 0.1) is 6.54 Å². The van der Waals surface area contributed by atoms with Gasteiger partial charge in [-0.05, 0) is 50.0 Å². The van der Waals surface area contributed by atoms with Crippen LogP contribution in [-0.2, 0) is 11.2 Å². The highest BCUT2D eigenvalue weighted by Crippen LogP contribution is 2.24. The predicted octanol–water partition coefficient (Wildman–Crippen LogP) is 2.54. The first kappa shape index (κ1) is 23.2. The Morgan fingerprint density at radius 1 is 1.24 bits per heavy atom. The number of carbonyl (C=O) groups is 1. The molecule has 0 unspecified atom stereocenters. The van der Waals surface area contributed by atoms with E-state index in [-0.39, 0.29) is 11.3 Å². The lowest BCUT2D eigenvalue weighted by Crippen LogP contribution is -2.50. The molecule has 0 saturated carbocycles. The van der Waals surface area contributed by atoms with Crippen LogP contribution in [0.4, 0.5) is 0 Å². The van der Waals surface area contributed by atoms with Crippen LogP contribution in [0.25, 0.3) is 0 Å². The molecular formula is C23H39N5O. The number of aryl methyl sites for hydroxylation is 1. The van der Waals surface area contributed by atoms with Gasteiger partial charge in [-0.15, -0.1) is 0 Å². The number of primary amides is 1. The number of piperidine rings is 1. The predicted molar refractivity (Wildman–Crippen MR) is 121 cm³/mol.